The zero-order valence-electron chi connectivity index (χ0n) is 14.5. The highest BCUT2D eigenvalue weighted by Crippen LogP contribution is 2.32. The molecule has 0 spiro atoms. The maximum atomic E-state index is 12.3. The van der Waals surface area contributed by atoms with Crippen molar-refractivity contribution in [3.8, 4) is 17.6 Å². The minimum atomic E-state index is -0.190. The molecule has 1 aromatic carbocycles. The van der Waals surface area contributed by atoms with Gasteiger partial charge in [0.25, 0.3) is 0 Å². The van der Waals surface area contributed by atoms with Gasteiger partial charge in [-0.05, 0) is 19.1 Å². The lowest BCUT2D eigenvalue weighted by Gasteiger charge is -2.19. The van der Waals surface area contributed by atoms with Crippen LogP contribution < -0.4 is 14.8 Å². The highest BCUT2D eigenvalue weighted by atomic mass is 32.2. The van der Waals surface area contributed by atoms with Crippen LogP contribution in [0.5, 0.6) is 11.5 Å². The highest BCUT2D eigenvalue weighted by molar-refractivity contribution is 8.00. The Morgan fingerprint density at radius 2 is 2.08 bits per heavy atom. The quantitative estimate of drug-likeness (QED) is 0.638. The largest absolute Gasteiger partial charge is 0.486 e. The zero-order valence-corrected chi connectivity index (χ0v) is 15.4. The maximum Gasteiger partial charge on any atom is 0.234 e. The Kier molecular flexibility index (Phi) is 5.58. The molecule has 0 bridgehead atoms. The molecule has 1 aliphatic rings. The van der Waals surface area contributed by atoms with Crippen molar-refractivity contribution in [1.29, 1.82) is 5.26 Å². The summed E-state index contributed by atoms with van der Waals surface area (Å²) < 4.78 is 11.0. The molecule has 7 nitrogen and oxygen atoms in total. The van der Waals surface area contributed by atoms with Crippen molar-refractivity contribution in [2.75, 3.05) is 24.3 Å². The van der Waals surface area contributed by atoms with Crippen LogP contribution in [-0.4, -0.2) is 34.8 Å². The van der Waals surface area contributed by atoms with Gasteiger partial charge in [-0.2, -0.15) is 5.26 Å². The van der Waals surface area contributed by atoms with E-state index >= 15 is 0 Å². The molecule has 3 rings (SSSR count). The molecule has 1 N–H and O–H groups in total. The van der Waals surface area contributed by atoms with Gasteiger partial charge in [0, 0.05) is 18.2 Å². The van der Waals surface area contributed by atoms with Gasteiger partial charge < -0.3 is 14.8 Å². The molecular weight excluding hydrogens is 352 g/mol. The first-order chi connectivity index (χ1) is 12.6. The van der Waals surface area contributed by atoms with E-state index in [1.807, 2.05) is 6.92 Å². The zero-order chi connectivity index (χ0) is 18.5. The van der Waals surface area contributed by atoms with Crippen molar-refractivity contribution in [2.45, 2.75) is 25.3 Å². The van der Waals surface area contributed by atoms with Gasteiger partial charge in [0.05, 0.1) is 11.4 Å². The smallest absolute Gasteiger partial charge is 0.234 e. The van der Waals surface area contributed by atoms with E-state index in [2.05, 4.69) is 21.4 Å². The van der Waals surface area contributed by atoms with E-state index in [1.165, 1.54) is 11.8 Å². The molecule has 134 valence electrons. The summed E-state index contributed by atoms with van der Waals surface area (Å²) in [5.41, 5.74) is 1.68. The number of carbonyl (C=O) groups is 1. The molecule has 2 heterocycles. The lowest BCUT2D eigenvalue weighted by molar-refractivity contribution is -0.113. The van der Waals surface area contributed by atoms with Crippen LogP contribution in [0.1, 0.15) is 24.0 Å². The number of anilines is 1. The summed E-state index contributed by atoms with van der Waals surface area (Å²) in [5, 5.41) is 12.7. The van der Waals surface area contributed by atoms with Gasteiger partial charge in [-0.25, -0.2) is 9.97 Å². The van der Waals surface area contributed by atoms with Gasteiger partial charge in [-0.3, -0.25) is 4.79 Å². The van der Waals surface area contributed by atoms with E-state index in [0.717, 1.165) is 0 Å². The summed E-state index contributed by atoms with van der Waals surface area (Å²) in [5.74, 6) is 1.90. The molecule has 26 heavy (non-hydrogen) atoms. The Labute approximate surface area is 155 Å². The third-order valence-corrected chi connectivity index (χ3v) is 4.67. The SMILES string of the molecule is CCc1nc(C)c(C#N)c(SCC(=O)Nc2ccc3c(c2)OCCO3)n1. The highest BCUT2D eigenvalue weighted by Gasteiger charge is 2.15. The predicted octanol–water partition coefficient (Wildman–Crippen LogP) is 2.72. The van der Waals surface area contributed by atoms with Crippen molar-refractivity contribution in [2.24, 2.45) is 0 Å². The average molecular weight is 370 g/mol. The Hall–Kier alpha value is -2.79. The lowest BCUT2D eigenvalue weighted by Crippen LogP contribution is -2.17. The van der Waals surface area contributed by atoms with Crippen LogP contribution in [-0.2, 0) is 11.2 Å². The third-order valence-electron chi connectivity index (χ3n) is 3.70. The van der Waals surface area contributed by atoms with Crippen molar-refractivity contribution in [3.05, 3.63) is 35.3 Å². The number of hydrogen-bond acceptors (Lipinski definition) is 7. The summed E-state index contributed by atoms with van der Waals surface area (Å²) in [6.07, 6.45) is 0.670. The lowest BCUT2D eigenvalue weighted by atomic mass is 10.2. The number of nitriles is 1. The number of hydrogen-bond donors (Lipinski definition) is 1. The first-order valence-electron chi connectivity index (χ1n) is 8.20. The van der Waals surface area contributed by atoms with E-state index < -0.39 is 0 Å². The molecule has 0 aliphatic carbocycles. The first kappa shape index (κ1) is 18.0. The summed E-state index contributed by atoms with van der Waals surface area (Å²) in [7, 11) is 0. The predicted molar refractivity (Wildman–Crippen MR) is 97.6 cm³/mol. The second-order valence-corrected chi connectivity index (χ2v) is 6.53. The van der Waals surface area contributed by atoms with Crippen LogP contribution in [0.4, 0.5) is 5.69 Å². The Balaban J connectivity index is 1.66. The van der Waals surface area contributed by atoms with E-state index in [0.29, 0.717) is 58.9 Å². The number of amides is 1. The minimum Gasteiger partial charge on any atom is -0.486 e. The van der Waals surface area contributed by atoms with Gasteiger partial charge in [0.15, 0.2) is 11.5 Å². The topological polar surface area (TPSA) is 97.1 Å². The molecule has 1 aliphatic heterocycles. The summed E-state index contributed by atoms with van der Waals surface area (Å²) in [6, 6.07) is 7.39. The first-order valence-corrected chi connectivity index (χ1v) is 9.19. The molecule has 1 amide bonds. The van der Waals surface area contributed by atoms with Crippen molar-refractivity contribution in [3.63, 3.8) is 0 Å². The van der Waals surface area contributed by atoms with Gasteiger partial charge in [-0.1, -0.05) is 18.7 Å². The van der Waals surface area contributed by atoms with Gasteiger partial charge >= 0.3 is 0 Å². The summed E-state index contributed by atoms with van der Waals surface area (Å²) in [6.45, 7) is 4.74. The number of nitrogens with zero attached hydrogens (tertiary/aromatic N) is 3. The van der Waals surface area contributed by atoms with E-state index in [4.69, 9.17) is 9.47 Å². The molecule has 2 aromatic rings. The number of rotatable bonds is 5. The molecule has 0 fully saturated rings. The van der Waals surface area contributed by atoms with Crippen LogP contribution in [0, 0.1) is 18.3 Å². The molecule has 8 heteroatoms. The van der Waals surface area contributed by atoms with Gasteiger partial charge in [0.1, 0.15) is 35.7 Å². The van der Waals surface area contributed by atoms with Crippen molar-refractivity contribution >= 4 is 23.4 Å². The second-order valence-electron chi connectivity index (χ2n) is 5.57. The van der Waals surface area contributed by atoms with Crippen molar-refractivity contribution in [1.82, 2.24) is 9.97 Å². The second kappa shape index (κ2) is 8.06. The molecule has 1 aromatic heterocycles. The van der Waals surface area contributed by atoms with Crippen LogP contribution in [0.3, 0.4) is 0 Å². The number of benzene rings is 1. The Morgan fingerprint density at radius 1 is 1.31 bits per heavy atom. The van der Waals surface area contributed by atoms with Crippen molar-refractivity contribution < 1.29 is 14.3 Å². The number of fused-ring (bicyclic) bond motifs is 1. The fraction of sp³-hybridized carbons (Fsp3) is 0.333. The molecule has 0 radical (unpaired) electrons. The van der Waals surface area contributed by atoms with E-state index in [-0.39, 0.29) is 11.7 Å². The normalized spacial score (nSPS) is 12.3. The number of nitrogens with one attached hydrogen (secondary N) is 1. The van der Waals surface area contributed by atoms with Crippen LogP contribution in [0.25, 0.3) is 0 Å². The number of aryl methyl sites for hydroxylation is 2. The van der Waals surface area contributed by atoms with Crippen LogP contribution >= 0.6 is 11.8 Å². The number of aromatic nitrogens is 2. The molecule has 0 saturated heterocycles. The van der Waals surface area contributed by atoms with Crippen LogP contribution in [0.15, 0.2) is 23.2 Å². The summed E-state index contributed by atoms with van der Waals surface area (Å²) in [4.78, 5) is 20.9. The average Bonchev–Trinajstić information content (AvgIpc) is 2.65. The van der Waals surface area contributed by atoms with E-state index in [9.17, 15) is 10.1 Å². The number of thioether (sulfide) groups is 1. The summed E-state index contributed by atoms with van der Waals surface area (Å²) >= 11 is 1.23. The molecule has 0 atom stereocenters. The third kappa shape index (κ3) is 4.06. The molecular formula is C18H18N4O3S. The molecule has 0 saturated carbocycles. The minimum absolute atomic E-state index is 0.142. The maximum absolute atomic E-state index is 12.3. The van der Waals surface area contributed by atoms with Crippen LogP contribution in [0.2, 0.25) is 0 Å². The number of ether oxygens (including phenoxy) is 2. The van der Waals surface area contributed by atoms with Gasteiger partial charge in [-0.15, -0.1) is 0 Å². The van der Waals surface area contributed by atoms with E-state index in [1.54, 1.807) is 25.1 Å². The monoisotopic (exact) mass is 370 g/mol. The standard InChI is InChI=1S/C18H18N4O3S/c1-3-16-20-11(2)13(9-19)18(22-16)26-10-17(23)21-12-4-5-14-15(8-12)25-7-6-24-14/h4-5,8H,3,6-7,10H2,1-2H3,(H,21,23). The Morgan fingerprint density at radius 3 is 2.81 bits per heavy atom. The number of carbonyl (C=O) groups excluding carboxylic acids is 1. The fourth-order valence-electron chi connectivity index (χ4n) is 2.45. The molecule has 0 unspecified atom stereocenters. The Bertz CT molecular complexity index is 879. The fourth-order valence-corrected chi connectivity index (χ4v) is 3.29. The van der Waals surface area contributed by atoms with Gasteiger partial charge in [0.2, 0.25) is 5.91 Å².